The second-order valence-electron chi connectivity index (χ2n) is 7.27. The van der Waals surface area contributed by atoms with E-state index in [1.54, 1.807) is 30.4 Å². The van der Waals surface area contributed by atoms with Gasteiger partial charge in [0.1, 0.15) is 6.04 Å². The van der Waals surface area contributed by atoms with Crippen LogP contribution in [0.15, 0.2) is 41.8 Å². The maximum absolute atomic E-state index is 12.3. The SMILES string of the molecule is CC(NC(=O)c1ccc(C(C)(C)C)cc1)C(=O)NC(C)c1cccs1. The first-order valence-electron chi connectivity index (χ1n) is 8.43. The van der Waals surface area contributed by atoms with Crippen molar-refractivity contribution in [2.75, 3.05) is 0 Å². The summed E-state index contributed by atoms with van der Waals surface area (Å²) in [5.74, 6) is -0.438. The molecule has 2 amide bonds. The second-order valence-corrected chi connectivity index (χ2v) is 8.25. The van der Waals surface area contributed by atoms with Crippen molar-refractivity contribution in [3.8, 4) is 0 Å². The van der Waals surface area contributed by atoms with Crippen LogP contribution in [0.25, 0.3) is 0 Å². The lowest BCUT2D eigenvalue weighted by atomic mass is 9.86. The normalized spacial score (nSPS) is 13.8. The number of nitrogens with one attached hydrogen (secondary N) is 2. The average molecular weight is 359 g/mol. The molecule has 134 valence electrons. The summed E-state index contributed by atoms with van der Waals surface area (Å²) < 4.78 is 0. The molecule has 0 saturated heterocycles. The van der Waals surface area contributed by atoms with Crippen LogP contribution in [0.5, 0.6) is 0 Å². The van der Waals surface area contributed by atoms with Gasteiger partial charge in [-0.15, -0.1) is 11.3 Å². The Balaban J connectivity index is 1.94. The number of hydrogen-bond donors (Lipinski definition) is 2. The molecule has 0 saturated carbocycles. The van der Waals surface area contributed by atoms with Gasteiger partial charge in [0.2, 0.25) is 5.91 Å². The van der Waals surface area contributed by atoms with Crippen LogP contribution in [0.4, 0.5) is 0 Å². The zero-order valence-electron chi connectivity index (χ0n) is 15.4. The summed E-state index contributed by atoms with van der Waals surface area (Å²) in [4.78, 5) is 25.7. The summed E-state index contributed by atoms with van der Waals surface area (Å²) >= 11 is 1.60. The molecular weight excluding hydrogens is 332 g/mol. The Hall–Kier alpha value is -2.14. The minimum Gasteiger partial charge on any atom is -0.347 e. The molecule has 1 aromatic carbocycles. The van der Waals surface area contributed by atoms with E-state index in [4.69, 9.17) is 0 Å². The van der Waals surface area contributed by atoms with Gasteiger partial charge in [0.15, 0.2) is 0 Å². The largest absolute Gasteiger partial charge is 0.347 e. The molecule has 1 heterocycles. The van der Waals surface area contributed by atoms with Gasteiger partial charge in [-0.25, -0.2) is 0 Å². The Kier molecular flexibility index (Phi) is 6.01. The third-order valence-corrected chi connectivity index (χ3v) is 5.14. The van der Waals surface area contributed by atoms with E-state index < -0.39 is 6.04 Å². The van der Waals surface area contributed by atoms with Crippen LogP contribution in [-0.2, 0) is 10.2 Å². The quantitative estimate of drug-likeness (QED) is 0.847. The minimum absolute atomic E-state index is 0.0418. The molecule has 0 radical (unpaired) electrons. The molecule has 0 aliphatic rings. The summed E-state index contributed by atoms with van der Waals surface area (Å²) in [6, 6.07) is 10.8. The van der Waals surface area contributed by atoms with E-state index >= 15 is 0 Å². The highest BCUT2D eigenvalue weighted by atomic mass is 32.1. The van der Waals surface area contributed by atoms with Crippen molar-refractivity contribution in [3.63, 3.8) is 0 Å². The predicted molar refractivity (Wildman–Crippen MR) is 103 cm³/mol. The molecule has 0 bridgehead atoms. The first-order valence-corrected chi connectivity index (χ1v) is 9.31. The van der Waals surface area contributed by atoms with Gasteiger partial charge in [-0.2, -0.15) is 0 Å². The van der Waals surface area contributed by atoms with E-state index in [0.717, 1.165) is 4.88 Å². The lowest BCUT2D eigenvalue weighted by Gasteiger charge is -2.20. The third-order valence-electron chi connectivity index (χ3n) is 4.08. The molecule has 2 atom stereocenters. The highest BCUT2D eigenvalue weighted by Crippen LogP contribution is 2.22. The van der Waals surface area contributed by atoms with Gasteiger partial charge in [-0.3, -0.25) is 9.59 Å². The van der Waals surface area contributed by atoms with Crippen molar-refractivity contribution >= 4 is 23.2 Å². The summed E-state index contributed by atoms with van der Waals surface area (Å²) in [5, 5.41) is 7.66. The smallest absolute Gasteiger partial charge is 0.251 e. The Bertz CT molecular complexity index is 715. The van der Waals surface area contributed by atoms with Gasteiger partial charge in [0.05, 0.1) is 6.04 Å². The van der Waals surface area contributed by atoms with Crippen LogP contribution in [0.2, 0.25) is 0 Å². The number of carbonyl (C=O) groups excluding carboxylic acids is 2. The number of benzene rings is 1. The Morgan fingerprint density at radius 3 is 2.16 bits per heavy atom. The molecule has 5 heteroatoms. The molecular formula is C20H26N2O2S. The Morgan fingerprint density at radius 2 is 1.64 bits per heavy atom. The van der Waals surface area contributed by atoms with Crippen LogP contribution in [0.3, 0.4) is 0 Å². The fourth-order valence-corrected chi connectivity index (χ4v) is 3.15. The zero-order valence-corrected chi connectivity index (χ0v) is 16.2. The second kappa shape index (κ2) is 7.83. The van der Waals surface area contributed by atoms with Gasteiger partial charge in [0, 0.05) is 10.4 Å². The van der Waals surface area contributed by atoms with Crippen LogP contribution in [0.1, 0.15) is 61.5 Å². The molecule has 2 N–H and O–H groups in total. The third kappa shape index (κ3) is 5.16. The molecule has 0 spiro atoms. The lowest BCUT2D eigenvalue weighted by molar-refractivity contribution is -0.123. The van der Waals surface area contributed by atoms with Crippen LogP contribution in [0, 0.1) is 0 Å². The monoisotopic (exact) mass is 358 g/mol. The fraction of sp³-hybridized carbons (Fsp3) is 0.400. The molecule has 0 aliphatic carbocycles. The summed E-state index contributed by atoms with van der Waals surface area (Å²) in [6.45, 7) is 10.0. The molecule has 0 aliphatic heterocycles. The summed E-state index contributed by atoms with van der Waals surface area (Å²) in [6.07, 6.45) is 0. The number of carbonyl (C=O) groups is 2. The minimum atomic E-state index is -0.600. The maximum atomic E-state index is 12.3. The van der Waals surface area contributed by atoms with Crippen molar-refractivity contribution in [1.29, 1.82) is 0 Å². The summed E-state index contributed by atoms with van der Waals surface area (Å²) in [5.41, 5.74) is 1.76. The Labute approximate surface area is 153 Å². The number of thiophene rings is 1. The molecule has 4 nitrogen and oxygen atoms in total. The van der Waals surface area contributed by atoms with Crippen molar-refractivity contribution in [2.45, 2.75) is 52.1 Å². The first-order chi connectivity index (χ1) is 11.7. The molecule has 0 fully saturated rings. The van der Waals surface area contributed by atoms with Crippen molar-refractivity contribution in [2.24, 2.45) is 0 Å². The standard InChI is InChI=1S/C20H26N2O2S/c1-13(17-7-6-12-25-17)21-18(23)14(2)22-19(24)15-8-10-16(11-9-15)20(3,4)5/h6-14H,1-5H3,(H,21,23)(H,22,24). The van der Waals surface area contributed by atoms with E-state index in [2.05, 4.69) is 31.4 Å². The first kappa shape index (κ1) is 19.2. The number of amides is 2. The van der Waals surface area contributed by atoms with E-state index in [0.29, 0.717) is 5.56 Å². The van der Waals surface area contributed by atoms with Gasteiger partial charge in [-0.05, 0) is 48.4 Å². The fourth-order valence-electron chi connectivity index (χ4n) is 2.41. The van der Waals surface area contributed by atoms with Crippen molar-refractivity contribution in [3.05, 3.63) is 57.8 Å². The average Bonchev–Trinajstić information content (AvgIpc) is 3.08. The van der Waals surface area contributed by atoms with Gasteiger partial charge >= 0.3 is 0 Å². The van der Waals surface area contributed by atoms with E-state index in [1.165, 1.54) is 5.56 Å². The highest BCUT2D eigenvalue weighted by Gasteiger charge is 2.20. The molecule has 1 aromatic heterocycles. The molecule has 2 unspecified atom stereocenters. The van der Waals surface area contributed by atoms with E-state index in [1.807, 2.05) is 36.6 Å². The maximum Gasteiger partial charge on any atom is 0.251 e. The number of hydrogen-bond acceptors (Lipinski definition) is 3. The van der Waals surface area contributed by atoms with Crippen LogP contribution >= 0.6 is 11.3 Å². The molecule has 2 aromatic rings. The lowest BCUT2D eigenvalue weighted by Crippen LogP contribution is -2.45. The Morgan fingerprint density at radius 1 is 1.00 bits per heavy atom. The van der Waals surface area contributed by atoms with Crippen LogP contribution in [-0.4, -0.2) is 17.9 Å². The van der Waals surface area contributed by atoms with E-state index in [9.17, 15) is 9.59 Å². The zero-order chi connectivity index (χ0) is 18.6. The molecule has 25 heavy (non-hydrogen) atoms. The van der Waals surface area contributed by atoms with E-state index in [-0.39, 0.29) is 23.3 Å². The van der Waals surface area contributed by atoms with Crippen molar-refractivity contribution in [1.82, 2.24) is 10.6 Å². The van der Waals surface area contributed by atoms with Crippen LogP contribution < -0.4 is 10.6 Å². The predicted octanol–water partition coefficient (Wildman–Crippen LogP) is 4.04. The van der Waals surface area contributed by atoms with Gasteiger partial charge in [0.25, 0.3) is 5.91 Å². The highest BCUT2D eigenvalue weighted by molar-refractivity contribution is 7.10. The van der Waals surface area contributed by atoms with Crippen molar-refractivity contribution < 1.29 is 9.59 Å². The topological polar surface area (TPSA) is 58.2 Å². The molecule has 2 rings (SSSR count). The van der Waals surface area contributed by atoms with Gasteiger partial charge in [-0.1, -0.05) is 39.0 Å². The number of rotatable bonds is 5. The summed E-state index contributed by atoms with van der Waals surface area (Å²) in [7, 11) is 0. The van der Waals surface area contributed by atoms with Gasteiger partial charge < -0.3 is 10.6 Å².